The maximum absolute atomic E-state index is 12.1. The van der Waals surface area contributed by atoms with Gasteiger partial charge in [0.15, 0.2) is 0 Å². The van der Waals surface area contributed by atoms with Crippen molar-refractivity contribution in [2.24, 2.45) is 0 Å². The van der Waals surface area contributed by atoms with Crippen LogP contribution in [0.15, 0.2) is 42.7 Å². The molecule has 2 aromatic heterocycles. The van der Waals surface area contributed by atoms with Crippen LogP contribution in [0.25, 0.3) is 5.65 Å². The number of hydrogen-bond acceptors (Lipinski definition) is 4. The summed E-state index contributed by atoms with van der Waals surface area (Å²) in [4.78, 5) is 16.7. The number of aromatic nitrogens is 2. The fourth-order valence-electron chi connectivity index (χ4n) is 3.04. The average molecular weight is 352 g/mol. The fourth-order valence-corrected chi connectivity index (χ4v) is 3.75. The Labute approximate surface area is 150 Å². The lowest BCUT2D eigenvalue weighted by molar-refractivity contribution is -0.113. The van der Waals surface area contributed by atoms with E-state index in [2.05, 4.69) is 46.9 Å². The number of carbonyl (C=O) groups is 1. The molecule has 1 aliphatic rings. The van der Waals surface area contributed by atoms with Gasteiger partial charge >= 0.3 is 0 Å². The predicted octanol–water partition coefficient (Wildman–Crippen LogP) is 3.12. The molecule has 1 aliphatic heterocycles. The van der Waals surface area contributed by atoms with Gasteiger partial charge in [0.05, 0.1) is 11.4 Å². The summed E-state index contributed by atoms with van der Waals surface area (Å²) in [5.74, 6) is 1.17. The second kappa shape index (κ2) is 6.90. The largest absolute Gasteiger partial charge is 0.325 e. The van der Waals surface area contributed by atoms with E-state index in [-0.39, 0.29) is 5.91 Å². The van der Waals surface area contributed by atoms with Crippen molar-refractivity contribution >= 4 is 29.0 Å². The lowest BCUT2D eigenvalue weighted by atomic mass is 10.1. The molecule has 25 heavy (non-hydrogen) atoms. The standard InChI is InChI=1S/C19H20N4OS/c1-13-2-5-18-21-17(10-23(18)9-13)11-25-12-19(24)22-16-4-3-14-7-20-8-15(14)6-16/h2-6,9-10,20H,7-8,11-12H2,1H3,(H,22,24). The Balaban J connectivity index is 1.31. The van der Waals surface area contributed by atoms with Crippen LogP contribution in [0.5, 0.6) is 0 Å². The number of hydrogen-bond donors (Lipinski definition) is 2. The second-order valence-corrected chi connectivity index (χ2v) is 7.32. The van der Waals surface area contributed by atoms with Crippen molar-refractivity contribution in [2.45, 2.75) is 25.8 Å². The molecule has 3 heterocycles. The van der Waals surface area contributed by atoms with E-state index >= 15 is 0 Å². The maximum atomic E-state index is 12.1. The molecule has 128 valence electrons. The normalized spacial score (nSPS) is 13.2. The molecule has 1 aromatic carbocycles. The minimum atomic E-state index is 0.0236. The topological polar surface area (TPSA) is 58.4 Å². The number of amides is 1. The fraction of sp³-hybridized carbons (Fsp3) is 0.263. The van der Waals surface area contributed by atoms with Gasteiger partial charge in [-0.15, -0.1) is 11.8 Å². The first-order valence-electron chi connectivity index (χ1n) is 8.32. The van der Waals surface area contributed by atoms with E-state index in [0.29, 0.717) is 5.75 Å². The average Bonchev–Trinajstić information content (AvgIpc) is 3.20. The Morgan fingerprint density at radius 3 is 3.04 bits per heavy atom. The lowest BCUT2D eigenvalue weighted by Gasteiger charge is -2.06. The number of benzene rings is 1. The van der Waals surface area contributed by atoms with Gasteiger partial charge in [0, 0.05) is 36.9 Å². The van der Waals surface area contributed by atoms with Crippen LogP contribution >= 0.6 is 11.8 Å². The van der Waals surface area contributed by atoms with Crippen LogP contribution in [0.4, 0.5) is 5.69 Å². The van der Waals surface area contributed by atoms with Crippen molar-refractivity contribution in [1.29, 1.82) is 0 Å². The van der Waals surface area contributed by atoms with E-state index in [9.17, 15) is 4.79 Å². The third-order valence-corrected chi connectivity index (χ3v) is 5.22. The highest BCUT2D eigenvalue weighted by Crippen LogP contribution is 2.20. The van der Waals surface area contributed by atoms with Gasteiger partial charge in [-0.1, -0.05) is 12.1 Å². The monoisotopic (exact) mass is 352 g/mol. The van der Waals surface area contributed by atoms with Crippen LogP contribution in [0.3, 0.4) is 0 Å². The Kier molecular flexibility index (Phi) is 4.46. The number of anilines is 1. The lowest BCUT2D eigenvalue weighted by Crippen LogP contribution is -2.14. The smallest absolute Gasteiger partial charge is 0.234 e. The van der Waals surface area contributed by atoms with Gasteiger partial charge in [-0.25, -0.2) is 4.98 Å². The third-order valence-electron chi connectivity index (χ3n) is 4.25. The van der Waals surface area contributed by atoms with Crippen LogP contribution in [0, 0.1) is 6.92 Å². The summed E-state index contributed by atoms with van der Waals surface area (Å²) in [6.07, 6.45) is 4.09. The van der Waals surface area contributed by atoms with Crippen LogP contribution < -0.4 is 10.6 Å². The summed E-state index contributed by atoms with van der Waals surface area (Å²) in [5.41, 5.74) is 6.59. The zero-order valence-corrected chi connectivity index (χ0v) is 14.9. The van der Waals surface area contributed by atoms with Crippen LogP contribution in [0.2, 0.25) is 0 Å². The number of pyridine rings is 1. The zero-order valence-electron chi connectivity index (χ0n) is 14.1. The molecule has 0 bridgehead atoms. The minimum absolute atomic E-state index is 0.0236. The molecule has 3 aromatic rings. The number of nitrogens with one attached hydrogen (secondary N) is 2. The third kappa shape index (κ3) is 3.70. The Hall–Kier alpha value is -2.31. The number of thioether (sulfide) groups is 1. The Bertz CT molecular complexity index is 934. The van der Waals surface area contributed by atoms with Crippen molar-refractivity contribution in [3.8, 4) is 0 Å². The molecule has 0 saturated carbocycles. The molecule has 4 rings (SSSR count). The molecule has 6 heteroatoms. The minimum Gasteiger partial charge on any atom is -0.325 e. The highest BCUT2D eigenvalue weighted by Gasteiger charge is 2.11. The SMILES string of the molecule is Cc1ccc2nc(CSCC(=O)Nc3ccc4c(c3)CNC4)cn2c1. The molecular formula is C19H20N4OS. The second-order valence-electron chi connectivity index (χ2n) is 6.33. The molecular weight excluding hydrogens is 332 g/mol. The summed E-state index contributed by atoms with van der Waals surface area (Å²) >= 11 is 1.58. The van der Waals surface area contributed by atoms with E-state index in [1.165, 1.54) is 16.7 Å². The molecule has 0 saturated heterocycles. The quantitative estimate of drug-likeness (QED) is 0.741. The number of imidazole rings is 1. The summed E-state index contributed by atoms with van der Waals surface area (Å²) < 4.78 is 2.03. The first kappa shape index (κ1) is 16.2. The zero-order chi connectivity index (χ0) is 17.2. The summed E-state index contributed by atoms with van der Waals surface area (Å²) in [6.45, 7) is 3.85. The van der Waals surface area contributed by atoms with E-state index in [4.69, 9.17) is 0 Å². The highest BCUT2D eigenvalue weighted by molar-refractivity contribution is 7.99. The summed E-state index contributed by atoms with van der Waals surface area (Å²) in [5, 5.41) is 6.29. The maximum Gasteiger partial charge on any atom is 0.234 e. The molecule has 0 aliphatic carbocycles. The number of nitrogens with zero attached hydrogens (tertiary/aromatic N) is 2. The van der Waals surface area contributed by atoms with Crippen molar-refractivity contribution in [1.82, 2.24) is 14.7 Å². The van der Waals surface area contributed by atoms with Gasteiger partial charge in [0.25, 0.3) is 0 Å². The van der Waals surface area contributed by atoms with E-state index < -0.39 is 0 Å². The van der Waals surface area contributed by atoms with Crippen molar-refractivity contribution < 1.29 is 4.79 Å². The molecule has 0 atom stereocenters. The molecule has 0 radical (unpaired) electrons. The molecule has 5 nitrogen and oxygen atoms in total. The number of aryl methyl sites for hydroxylation is 1. The van der Waals surface area contributed by atoms with E-state index in [0.717, 1.165) is 35.9 Å². The first-order chi connectivity index (χ1) is 12.2. The first-order valence-corrected chi connectivity index (χ1v) is 9.47. The van der Waals surface area contributed by atoms with E-state index in [1.807, 2.05) is 22.7 Å². The highest BCUT2D eigenvalue weighted by atomic mass is 32.2. The van der Waals surface area contributed by atoms with Crippen LogP contribution in [-0.4, -0.2) is 21.0 Å². The predicted molar refractivity (Wildman–Crippen MR) is 102 cm³/mol. The Morgan fingerprint density at radius 1 is 1.24 bits per heavy atom. The molecule has 0 spiro atoms. The van der Waals surface area contributed by atoms with Crippen LogP contribution in [0.1, 0.15) is 22.4 Å². The van der Waals surface area contributed by atoms with Gasteiger partial charge in [0.1, 0.15) is 5.65 Å². The number of carbonyl (C=O) groups excluding carboxylic acids is 1. The van der Waals surface area contributed by atoms with Crippen LogP contribution in [-0.2, 0) is 23.6 Å². The number of fused-ring (bicyclic) bond motifs is 2. The van der Waals surface area contributed by atoms with Gasteiger partial charge < -0.3 is 15.0 Å². The molecule has 2 N–H and O–H groups in total. The van der Waals surface area contributed by atoms with Crippen molar-refractivity contribution in [3.63, 3.8) is 0 Å². The van der Waals surface area contributed by atoms with Gasteiger partial charge in [0.2, 0.25) is 5.91 Å². The molecule has 1 amide bonds. The van der Waals surface area contributed by atoms with Crippen molar-refractivity contribution in [3.05, 3.63) is 65.1 Å². The van der Waals surface area contributed by atoms with E-state index in [1.54, 1.807) is 11.8 Å². The summed E-state index contributed by atoms with van der Waals surface area (Å²) in [7, 11) is 0. The number of rotatable bonds is 5. The van der Waals surface area contributed by atoms with Crippen molar-refractivity contribution in [2.75, 3.05) is 11.1 Å². The van der Waals surface area contributed by atoms with Gasteiger partial charge in [-0.3, -0.25) is 4.79 Å². The van der Waals surface area contributed by atoms with Gasteiger partial charge in [-0.05, 0) is 41.8 Å². The molecule has 0 unspecified atom stereocenters. The van der Waals surface area contributed by atoms with Gasteiger partial charge in [-0.2, -0.15) is 0 Å². The Morgan fingerprint density at radius 2 is 2.12 bits per heavy atom. The molecule has 0 fully saturated rings. The summed E-state index contributed by atoms with van der Waals surface area (Å²) in [6, 6.07) is 10.2.